The number of hydrogen-bond acceptors (Lipinski definition) is 2. The van der Waals surface area contributed by atoms with Crippen molar-refractivity contribution < 1.29 is 0 Å². The lowest BCUT2D eigenvalue weighted by Gasteiger charge is -2.37. The minimum Gasteiger partial charge on any atom is -0.246 e. The SMILES string of the molecule is Cc1csc(C(C)(C)C(C)(C)C)n1. The largest absolute Gasteiger partial charge is 0.246 e. The van der Waals surface area contributed by atoms with Gasteiger partial charge in [0.1, 0.15) is 0 Å². The molecule has 1 rings (SSSR count). The highest BCUT2D eigenvalue weighted by atomic mass is 32.1. The molecule has 0 aliphatic heterocycles. The Kier molecular flexibility index (Phi) is 2.54. The van der Waals surface area contributed by atoms with Gasteiger partial charge in [0.15, 0.2) is 0 Å². The fourth-order valence-corrected chi connectivity index (χ4v) is 2.09. The molecule has 0 atom stereocenters. The molecule has 0 aromatic carbocycles. The molecule has 1 heterocycles. The summed E-state index contributed by atoms with van der Waals surface area (Å²) >= 11 is 1.77. The molecule has 1 nitrogen and oxygen atoms in total. The van der Waals surface area contributed by atoms with E-state index in [1.54, 1.807) is 11.3 Å². The van der Waals surface area contributed by atoms with E-state index in [0.29, 0.717) is 0 Å². The molecule has 0 saturated heterocycles. The molecule has 0 bridgehead atoms. The highest BCUT2D eigenvalue weighted by Gasteiger charge is 2.36. The second-order valence-corrected chi connectivity index (χ2v) is 6.03. The van der Waals surface area contributed by atoms with E-state index >= 15 is 0 Å². The zero-order valence-electron chi connectivity index (χ0n) is 9.43. The molecule has 0 fully saturated rings. The van der Waals surface area contributed by atoms with Crippen molar-refractivity contribution in [3.8, 4) is 0 Å². The van der Waals surface area contributed by atoms with Gasteiger partial charge in [-0.25, -0.2) is 4.98 Å². The normalized spacial score (nSPS) is 13.4. The number of thiazole rings is 1. The molecule has 0 aliphatic rings. The lowest BCUT2D eigenvalue weighted by Crippen LogP contribution is -2.33. The van der Waals surface area contributed by atoms with Crippen molar-refractivity contribution in [1.29, 1.82) is 0 Å². The molecule has 0 amide bonds. The van der Waals surface area contributed by atoms with Gasteiger partial charge in [-0.1, -0.05) is 34.6 Å². The van der Waals surface area contributed by atoms with Crippen molar-refractivity contribution in [1.82, 2.24) is 4.98 Å². The summed E-state index contributed by atoms with van der Waals surface area (Å²) in [6, 6.07) is 0. The van der Waals surface area contributed by atoms with Crippen molar-refractivity contribution >= 4 is 11.3 Å². The van der Waals surface area contributed by atoms with Gasteiger partial charge >= 0.3 is 0 Å². The van der Waals surface area contributed by atoms with Crippen LogP contribution in [0.1, 0.15) is 45.3 Å². The smallest absolute Gasteiger partial charge is 0.0989 e. The molecule has 0 saturated carbocycles. The van der Waals surface area contributed by atoms with E-state index in [-0.39, 0.29) is 10.8 Å². The number of hydrogen-bond donors (Lipinski definition) is 0. The van der Waals surface area contributed by atoms with Gasteiger partial charge in [0.05, 0.1) is 5.01 Å². The average Bonchev–Trinajstić information content (AvgIpc) is 2.33. The van der Waals surface area contributed by atoms with Crippen LogP contribution in [0.2, 0.25) is 0 Å². The third-order valence-electron chi connectivity index (χ3n) is 3.03. The van der Waals surface area contributed by atoms with Crippen LogP contribution >= 0.6 is 11.3 Å². The Morgan fingerprint density at radius 1 is 1.15 bits per heavy atom. The van der Waals surface area contributed by atoms with Crippen LogP contribution < -0.4 is 0 Å². The monoisotopic (exact) mass is 197 g/mol. The highest BCUT2D eigenvalue weighted by molar-refractivity contribution is 7.09. The molecule has 0 unspecified atom stereocenters. The lowest BCUT2D eigenvalue weighted by molar-refractivity contribution is 0.224. The van der Waals surface area contributed by atoms with E-state index in [4.69, 9.17) is 0 Å². The second-order valence-electron chi connectivity index (χ2n) is 5.17. The molecule has 0 radical (unpaired) electrons. The van der Waals surface area contributed by atoms with Gasteiger partial charge < -0.3 is 0 Å². The molecule has 1 aromatic heterocycles. The van der Waals surface area contributed by atoms with Gasteiger partial charge in [-0.2, -0.15) is 0 Å². The van der Waals surface area contributed by atoms with E-state index in [1.807, 2.05) is 0 Å². The zero-order valence-corrected chi connectivity index (χ0v) is 10.2. The maximum absolute atomic E-state index is 4.57. The van der Waals surface area contributed by atoms with E-state index in [9.17, 15) is 0 Å². The Balaban J connectivity index is 3.07. The van der Waals surface area contributed by atoms with Crippen molar-refractivity contribution in [2.75, 3.05) is 0 Å². The summed E-state index contributed by atoms with van der Waals surface area (Å²) in [6.45, 7) is 13.4. The van der Waals surface area contributed by atoms with Crippen LogP contribution in [0.5, 0.6) is 0 Å². The van der Waals surface area contributed by atoms with Crippen LogP contribution in [0.15, 0.2) is 5.38 Å². The maximum Gasteiger partial charge on any atom is 0.0989 e. The fraction of sp³-hybridized carbons (Fsp3) is 0.727. The summed E-state index contributed by atoms with van der Waals surface area (Å²) in [7, 11) is 0. The number of aryl methyl sites for hydroxylation is 1. The third kappa shape index (κ3) is 1.93. The zero-order chi connectivity index (χ0) is 10.3. The Hall–Kier alpha value is -0.370. The highest BCUT2D eigenvalue weighted by Crippen LogP contribution is 2.41. The Bertz CT molecular complexity index is 291. The molecule has 74 valence electrons. The average molecular weight is 197 g/mol. The summed E-state index contributed by atoms with van der Waals surface area (Å²) in [5.74, 6) is 0. The first-order valence-corrected chi connectivity index (χ1v) is 5.56. The van der Waals surface area contributed by atoms with Gasteiger partial charge in [0, 0.05) is 16.5 Å². The van der Waals surface area contributed by atoms with Gasteiger partial charge in [-0.15, -0.1) is 11.3 Å². The van der Waals surface area contributed by atoms with Crippen LogP contribution in [0, 0.1) is 12.3 Å². The van der Waals surface area contributed by atoms with Gasteiger partial charge in [-0.05, 0) is 12.3 Å². The maximum atomic E-state index is 4.57. The third-order valence-corrected chi connectivity index (χ3v) is 4.31. The molecular weight excluding hydrogens is 178 g/mol. The molecule has 0 aliphatic carbocycles. The minimum absolute atomic E-state index is 0.159. The van der Waals surface area contributed by atoms with E-state index in [2.05, 4.69) is 51.9 Å². The Morgan fingerprint density at radius 3 is 2.00 bits per heavy atom. The van der Waals surface area contributed by atoms with E-state index in [0.717, 1.165) is 5.69 Å². The fourth-order valence-electron chi connectivity index (χ4n) is 0.962. The predicted octanol–water partition coefficient (Wildman–Crippen LogP) is 3.78. The summed E-state index contributed by atoms with van der Waals surface area (Å²) < 4.78 is 0. The van der Waals surface area contributed by atoms with Crippen molar-refractivity contribution in [2.45, 2.75) is 47.0 Å². The lowest BCUT2D eigenvalue weighted by atomic mass is 9.70. The van der Waals surface area contributed by atoms with E-state index in [1.165, 1.54) is 5.01 Å². The van der Waals surface area contributed by atoms with Crippen molar-refractivity contribution in [2.24, 2.45) is 5.41 Å². The van der Waals surface area contributed by atoms with Crippen LogP contribution in [0.4, 0.5) is 0 Å². The first kappa shape index (κ1) is 10.7. The second kappa shape index (κ2) is 3.09. The first-order valence-electron chi connectivity index (χ1n) is 4.68. The van der Waals surface area contributed by atoms with Gasteiger partial charge in [-0.3, -0.25) is 0 Å². The summed E-state index contributed by atoms with van der Waals surface area (Å²) in [5, 5.41) is 3.38. The molecule has 13 heavy (non-hydrogen) atoms. The number of aromatic nitrogens is 1. The van der Waals surface area contributed by atoms with Crippen LogP contribution in [0.25, 0.3) is 0 Å². The Labute approximate surface area is 85.2 Å². The number of rotatable bonds is 1. The summed E-state index contributed by atoms with van der Waals surface area (Å²) in [6.07, 6.45) is 0. The standard InChI is InChI=1S/C11H19NS/c1-8-7-13-9(12-8)11(5,6)10(2,3)4/h7H,1-6H3. The van der Waals surface area contributed by atoms with Gasteiger partial charge in [0.25, 0.3) is 0 Å². The quantitative estimate of drug-likeness (QED) is 0.667. The van der Waals surface area contributed by atoms with E-state index < -0.39 is 0 Å². The Morgan fingerprint density at radius 2 is 1.69 bits per heavy atom. The summed E-state index contributed by atoms with van der Waals surface area (Å²) in [5.41, 5.74) is 1.56. The molecular formula is C11H19NS. The van der Waals surface area contributed by atoms with Crippen LogP contribution in [-0.4, -0.2) is 4.98 Å². The topological polar surface area (TPSA) is 12.9 Å². The molecule has 1 aromatic rings. The van der Waals surface area contributed by atoms with Crippen molar-refractivity contribution in [3.05, 3.63) is 16.1 Å². The number of nitrogens with zero attached hydrogens (tertiary/aromatic N) is 1. The van der Waals surface area contributed by atoms with Crippen molar-refractivity contribution in [3.63, 3.8) is 0 Å². The first-order chi connectivity index (χ1) is 5.75. The predicted molar refractivity (Wildman–Crippen MR) is 59.3 cm³/mol. The molecule has 0 N–H and O–H groups in total. The molecule has 2 heteroatoms. The summed E-state index contributed by atoms with van der Waals surface area (Å²) in [4.78, 5) is 4.57. The van der Waals surface area contributed by atoms with Crippen LogP contribution in [-0.2, 0) is 5.41 Å². The van der Waals surface area contributed by atoms with Crippen LogP contribution in [0.3, 0.4) is 0 Å². The molecule has 0 spiro atoms. The van der Waals surface area contributed by atoms with Gasteiger partial charge in [0.2, 0.25) is 0 Å². The minimum atomic E-state index is 0.159.